The molecule has 4 rings (SSSR count). The first kappa shape index (κ1) is 15.9. The highest BCUT2D eigenvalue weighted by Crippen LogP contribution is 2.35. The second-order valence-electron chi connectivity index (χ2n) is 6.78. The van der Waals surface area contributed by atoms with Gasteiger partial charge in [0.1, 0.15) is 5.01 Å². The third kappa shape index (κ3) is 3.58. The van der Waals surface area contributed by atoms with Crippen molar-refractivity contribution in [3.8, 4) is 0 Å². The van der Waals surface area contributed by atoms with Crippen molar-refractivity contribution >= 4 is 17.3 Å². The molecule has 0 aromatic carbocycles. The summed E-state index contributed by atoms with van der Waals surface area (Å²) >= 11 is 1.75. The third-order valence-corrected chi connectivity index (χ3v) is 5.76. The van der Waals surface area contributed by atoms with Crippen LogP contribution in [0.4, 0.5) is 5.95 Å². The van der Waals surface area contributed by atoms with E-state index in [1.54, 1.807) is 23.7 Å². The largest absolute Gasteiger partial charge is 0.373 e. The van der Waals surface area contributed by atoms with E-state index < -0.39 is 0 Å². The molecule has 2 atom stereocenters. The van der Waals surface area contributed by atoms with Crippen LogP contribution in [0.5, 0.6) is 0 Å². The van der Waals surface area contributed by atoms with Crippen molar-refractivity contribution in [2.75, 3.05) is 25.0 Å². The Bertz CT molecular complexity index is 679. The third-order valence-electron chi connectivity index (χ3n) is 4.81. The van der Waals surface area contributed by atoms with Crippen molar-refractivity contribution in [1.82, 2.24) is 19.9 Å². The van der Waals surface area contributed by atoms with E-state index in [4.69, 9.17) is 4.74 Å². The molecule has 2 aromatic rings. The van der Waals surface area contributed by atoms with Gasteiger partial charge >= 0.3 is 0 Å². The van der Waals surface area contributed by atoms with Crippen LogP contribution in [0.15, 0.2) is 23.8 Å². The number of aryl methyl sites for hydroxylation is 1. The zero-order chi connectivity index (χ0) is 16.4. The Labute approximate surface area is 146 Å². The quantitative estimate of drug-likeness (QED) is 0.918. The van der Waals surface area contributed by atoms with E-state index >= 15 is 0 Å². The van der Waals surface area contributed by atoms with Crippen molar-refractivity contribution in [3.05, 3.63) is 34.5 Å². The van der Waals surface area contributed by atoms with Crippen LogP contribution in [0.25, 0.3) is 0 Å². The smallest absolute Gasteiger partial charge is 0.222 e. The fourth-order valence-corrected chi connectivity index (χ4v) is 4.53. The maximum absolute atomic E-state index is 6.23. The normalized spacial score (nSPS) is 27.6. The SMILES string of the molecule is Cc1csc(CN2CC[C@@]3(C[C@@H](Nc4ncccn4)CCO3)C2)n1. The first-order valence-corrected chi connectivity index (χ1v) is 9.40. The molecule has 2 aromatic heterocycles. The van der Waals surface area contributed by atoms with Crippen molar-refractivity contribution in [3.63, 3.8) is 0 Å². The molecule has 0 bridgehead atoms. The standard InChI is InChI=1S/C17H23N5OS/c1-13-11-24-15(20-13)10-22-7-4-17(12-22)9-14(3-8-23-17)21-16-18-5-2-6-19-16/h2,5-6,11,14H,3-4,7-10,12H2,1H3,(H,18,19,21)/t14-,17+/m0/s1. The van der Waals surface area contributed by atoms with Gasteiger partial charge in [0.05, 0.1) is 12.1 Å². The van der Waals surface area contributed by atoms with Crippen LogP contribution in [0.1, 0.15) is 30.0 Å². The number of nitrogens with zero attached hydrogens (tertiary/aromatic N) is 4. The van der Waals surface area contributed by atoms with Crippen LogP contribution in [0.3, 0.4) is 0 Å². The fourth-order valence-electron chi connectivity index (χ4n) is 3.72. The Hall–Kier alpha value is -1.57. The Morgan fingerprint density at radius 1 is 1.42 bits per heavy atom. The highest BCUT2D eigenvalue weighted by molar-refractivity contribution is 7.09. The molecule has 0 radical (unpaired) electrons. The summed E-state index contributed by atoms with van der Waals surface area (Å²) in [6.45, 7) is 5.85. The van der Waals surface area contributed by atoms with E-state index in [-0.39, 0.29) is 5.60 Å². The molecule has 0 unspecified atom stereocenters. The molecule has 0 aliphatic carbocycles. The molecule has 4 heterocycles. The second-order valence-corrected chi connectivity index (χ2v) is 7.72. The molecular formula is C17H23N5OS. The highest BCUT2D eigenvalue weighted by atomic mass is 32.1. The lowest BCUT2D eigenvalue weighted by Gasteiger charge is -2.38. The topological polar surface area (TPSA) is 63.2 Å². The van der Waals surface area contributed by atoms with Gasteiger partial charge in [-0.05, 0) is 32.3 Å². The minimum atomic E-state index is -0.0308. The van der Waals surface area contributed by atoms with E-state index in [1.807, 2.05) is 6.07 Å². The lowest BCUT2D eigenvalue weighted by molar-refractivity contribution is -0.0737. The van der Waals surface area contributed by atoms with Gasteiger partial charge in [-0.15, -0.1) is 11.3 Å². The number of hydrogen-bond acceptors (Lipinski definition) is 7. The van der Waals surface area contributed by atoms with E-state index in [0.717, 1.165) is 51.2 Å². The monoisotopic (exact) mass is 345 g/mol. The van der Waals surface area contributed by atoms with Crippen LogP contribution in [0.2, 0.25) is 0 Å². The number of thiazole rings is 1. The Morgan fingerprint density at radius 3 is 3.08 bits per heavy atom. The predicted octanol–water partition coefficient (Wildman–Crippen LogP) is 2.48. The lowest BCUT2D eigenvalue weighted by Crippen LogP contribution is -2.46. The first-order chi connectivity index (χ1) is 11.7. The van der Waals surface area contributed by atoms with Crippen molar-refractivity contribution in [2.24, 2.45) is 0 Å². The van der Waals surface area contributed by atoms with Crippen LogP contribution in [-0.2, 0) is 11.3 Å². The molecular weight excluding hydrogens is 322 g/mol. The molecule has 2 aliphatic rings. The summed E-state index contributed by atoms with van der Waals surface area (Å²) in [5.74, 6) is 0.715. The molecule has 0 saturated carbocycles. The Morgan fingerprint density at radius 2 is 2.29 bits per heavy atom. The van der Waals surface area contributed by atoms with Gasteiger partial charge in [0, 0.05) is 49.2 Å². The van der Waals surface area contributed by atoms with Crippen molar-refractivity contribution in [2.45, 2.75) is 44.4 Å². The minimum Gasteiger partial charge on any atom is -0.373 e. The predicted molar refractivity (Wildman–Crippen MR) is 94.1 cm³/mol. The van der Waals surface area contributed by atoms with Crippen LogP contribution in [-0.4, -0.2) is 51.2 Å². The molecule has 2 aliphatic heterocycles. The summed E-state index contributed by atoms with van der Waals surface area (Å²) < 4.78 is 6.23. The maximum Gasteiger partial charge on any atom is 0.222 e. The molecule has 24 heavy (non-hydrogen) atoms. The molecule has 128 valence electrons. The average Bonchev–Trinajstić information content (AvgIpc) is 3.15. The Kier molecular flexibility index (Phi) is 4.47. The van der Waals surface area contributed by atoms with Gasteiger partial charge in [-0.3, -0.25) is 4.90 Å². The van der Waals surface area contributed by atoms with Gasteiger partial charge in [0.25, 0.3) is 0 Å². The van der Waals surface area contributed by atoms with E-state index in [2.05, 4.69) is 37.5 Å². The van der Waals surface area contributed by atoms with Crippen LogP contribution < -0.4 is 5.32 Å². The average molecular weight is 345 g/mol. The fraction of sp³-hybridized carbons (Fsp3) is 0.588. The number of likely N-dealkylation sites (tertiary alicyclic amines) is 1. The van der Waals surface area contributed by atoms with Gasteiger partial charge in [-0.1, -0.05) is 0 Å². The summed E-state index contributed by atoms with van der Waals surface area (Å²) in [4.78, 5) is 15.6. The number of rotatable bonds is 4. The van der Waals surface area contributed by atoms with Gasteiger partial charge in [0.15, 0.2) is 0 Å². The number of ether oxygens (including phenoxy) is 1. The molecule has 0 amide bonds. The molecule has 1 N–H and O–H groups in total. The van der Waals surface area contributed by atoms with Gasteiger partial charge in [0.2, 0.25) is 5.95 Å². The van der Waals surface area contributed by atoms with Crippen LogP contribution >= 0.6 is 11.3 Å². The first-order valence-electron chi connectivity index (χ1n) is 8.52. The van der Waals surface area contributed by atoms with Gasteiger partial charge < -0.3 is 10.1 Å². The summed E-state index contributed by atoms with van der Waals surface area (Å²) in [7, 11) is 0. The van der Waals surface area contributed by atoms with Gasteiger partial charge in [-0.25, -0.2) is 15.0 Å². The summed E-state index contributed by atoms with van der Waals surface area (Å²) in [5.41, 5.74) is 1.08. The van der Waals surface area contributed by atoms with Gasteiger partial charge in [-0.2, -0.15) is 0 Å². The second kappa shape index (κ2) is 6.74. The van der Waals surface area contributed by atoms with E-state index in [9.17, 15) is 0 Å². The summed E-state index contributed by atoms with van der Waals surface area (Å²) in [6.07, 6.45) is 6.66. The van der Waals surface area contributed by atoms with Crippen molar-refractivity contribution in [1.29, 1.82) is 0 Å². The van der Waals surface area contributed by atoms with E-state index in [0.29, 0.717) is 12.0 Å². The lowest BCUT2D eigenvalue weighted by atomic mass is 9.89. The summed E-state index contributed by atoms with van der Waals surface area (Å²) in [5, 5.41) is 6.79. The number of aromatic nitrogens is 3. The molecule has 2 saturated heterocycles. The minimum absolute atomic E-state index is 0.0308. The highest BCUT2D eigenvalue weighted by Gasteiger charge is 2.43. The van der Waals surface area contributed by atoms with E-state index in [1.165, 1.54) is 5.01 Å². The molecule has 2 fully saturated rings. The zero-order valence-corrected chi connectivity index (χ0v) is 14.8. The number of anilines is 1. The molecule has 1 spiro atoms. The number of nitrogens with one attached hydrogen (secondary N) is 1. The maximum atomic E-state index is 6.23. The summed E-state index contributed by atoms with van der Waals surface area (Å²) in [6, 6.07) is 2.22. The van der Waals surface area contributed by atoms with Crippen LogP contribution in [0, 0.1) is 6.92 Å². The molecule has 7 heteroatoms. The molecule has 6 nitrogen and oxygen atoms in total. The zero-order valence-electron chi connectivity index (χ0n) is 13.9. The van der Waals surface area contributed by atoms with Crippen molar-refractivity contribution < 1.29 is 4.74 Å². The Balaban J connectivity index is 1.36. The number of hydrogen-bond donors (Lipinski definition) is 1.